The number of esters is 1. The summed E-state index contributed by atoms with van der Waals surface area (Å²) in [6.45, 7) is 7.78. The van der Waals surface area contributed by atoms with Gasteiger partial charge < -0.3 is 10.1 Å². The normalized spacial score (nSPS) is 10.7. The van der Waals surface area contributed by atoms with Crippen molar-refractivity contribution in [2.24, 2.45) is 0 Å². The minimum absolute atomic E-state index is 0.210. The van der Waals surface area contributed by atoms with E-state index in [1.807, 2.05) is 32.9 Å². The molecule has 0 saturated heterocycles. The number of carbonyl (C=O) groups excluding carboxylic acids is 3. The van der Waals surface area contributed by atoms with Gasteiger partial charge in [0.25, 0.3) is 0 Å². The third-order valence-electron chi connectivity index (χ3n) is 3.97. The fourth-order valence-corrected chi connectivity index (χ4v) is 2.89. The highest BCUT2D eigenvalue weighted by molar-refractivity contribution is 6.11. The summed E-state index contributed by atoms with van der Waals surface area (Å²) < 4.78 is 4.91. The van der Waals surface area contributed by atoms with Gasteiger partial charge in [-0.3, -0.25) is 9.59 Å². The van der Waals surface area contributed by atoms with Crippen LogP contribution in [0.5, 0.6) is 0 Å². The number of carbonyl (C=O) groups is 3. The number of allylic oxidation sites excluding steroid dienone is 1. The molecular formula is C22H23NO4. The molecule has 1 N–H and O–H groups in total. The van der Waals surface area contributed by atoms with Crippen LogP contribution >= 0.6 is 0 Å². The van der Waals surface area contributed by atoms with E-state index in [-0.39, 0.29) is 5.78 Å². The topological polar surface area (TPSA) is 72.5 Å². The van der Waals surface area contributed by atoms with Crippen LogP contribution in [-0.4, -0.2) is 24.3 Å². The Morgan fingerprint density at radius 2 is 1.56 bits per heavy atom. The highest BCUT2D eigenvalue weighted by Crippen LogP contribution is 2.17. The van der Waals surface area contributed by atoms with Crippen molar-refractivity contribution in [2.45, 2.75) is 27.7 Å². The van der Waals surface area contributed by atoms with Crippen LogP contribution in [0.2, 0.25) is 0 Å². The Labute approximate surface area is 159 Å². The van der Waals surface area contributed by atoms with Crippen molar-refractivity contribution >= 4 is 23.3 Å². The highest BCUT2D eigenvalue weighted by Gasteiger charge is 2.11. The molecule has 0 aliphatic carbocycles. The fourth-order valence-electron chi connectivity index (χ4n) is 2.89. The number of ketones is 1. The van der Waals surface area contributed by atoms with Gasteiger partial charge in [-0.25, -0.2) is 4.79 Å². The van der Waals surface area contributed by atoms with Crippen molar-refractivity contribution in [2.75, 3.05) is 11.9 Å². The van der Waals surface area contributed by atoms with E-state index in [0.29, 0.717) is 23.4 Å². The monoisotopic (exact) mass is 365 g/mol. The summed E-state index contributed by atoms with van der Waals surface area (Å²) in [5.74, 6) is -1.04. The summed E-state index contributed by atoms with van der Waals surface area (Å²) in [6.07, 6.45) is 2.48. The number of aryl methyl sites for hydroxylation is 3. The molecule has 2 rings (SSSR count). The maximum Gasteiger partial charge on any atom is 0.338 e. The van der Waals surface area contributed by atoms with Gasteiger partial charge in [0.2, 0.25) is 5.91 Å². The average Bonchev–Trinajstić information content (AvgIpc) is 2.60. The maximum atomic E-state index is 12.4. The number of benzene rings is 2. The van der Waals surface area contributed by atoms with Gasteiger partial charge in [-0.1, -0.05) is 17.7 Å². The van der Waals surface area contributed by atoms with Crippen LogP contribution < -0.4 is 5.32 Å². The zero-order valence-electron chi connectivity index (χ0n) is 16.0. The van der Waals surface area contributed by atoms with Gasteiger partial charge in [0.1, 0.15) is 0 Å². The molecule has 0 spiro atoms. The lowest BCUT2D eigenvalue weighted by Gasteiger charge is -2.08. The van der Waals surface area contributed by atoms with Gasteiger partial charge in [0, 0.05) is 17.3 Å². The van der Waals surface area contributed by atoms with Gasteiger partial charge in [-0.05, 0) is 69.2 Å². The minimum atomic E-state index is -0.422. The summed E-state index contributed by atoms with van der Waals surface area (Å²) >= 11 is 0. The summed E-state index contributed by atoms with van der Waals surface area (Å²) in [4.78, 5) is 36.1. The molecule has 0 aromatic heterocycles. The third-order valence-corrected chi connectivity index (χ3v) is 3.97. The van der Waals surface area contributed by atoms with Crippen LogP contribution in [0.25, 0.3) is 0 Å². The van der Waals surface area contributed by atoms with E-state index in [9.17, 15) is 14.4 Å². The summed E-state index contributed by atoms with van der Waals surface area (Å²) in [5, 5.41) is 2.66. The predicted molar refractivity (Wildman–Crippen MR) is 105 cm³/mol. The average molecular weight is 365 g/mol. The molecule has 27 heavy (non-hydrogen) atoms. The molecule has 0 fully saturated rings. The number of nitrogens with one attached hydrogen (secondary N) is 1. The van der Waals surface area contributed by atoms with E-state index in [1.165, 1.54) is 12.2 Å². The Balaban J connectivity index is 2.03. The number of hydrogen-bond acceptors (Lipinski definition) is 4. The summed E-state index contributed by atoms with van der Waals surface area (Å²) in [5.41, 5.74) is 4.41. The molecule has 0 heterocycles. The molecule has 140 valence electrons. The van der Waals surface area contributed by atoms with Crippen molar-refractivity contribution < 1.29 is 19.1 Å². The molecule has 5 heteroatoms. The van der Waals surface area contributed by atoms with E-state index < -0.39 is 11.9 Å². The smallest absolute Gasteiger partial charge is 0.338 e. The van der Waals surface area contributed by atoms with Crippen molar-refractivity contribution in [3.8, 4) is 0 Å². The fraction of sp³-hybridized carbons (Fsp3) is 0.227. The standard InChI is InChI=1S/C22H23NO4/c1-5-27-22(26)17-6-8-18(9-7-17)23-20(25)11-10-19(24)21-15(3)12-14(2)13-16(21)4/h6-13H,5H2,1-4H3,(H,23,25). The van der Waals surface area contributed by atoms with Crippen molar-refractivity contribution in [1.29, 1.82) is 0 Å². The Bertz CT molecular complexity index is 872. The number of ether oxygens (including phenoxy) is 1. The zero-order valence-corrected chi connectivity index (χ0v) is 16.0. The minimum Gasteiger partial charge on any atom is -0.462 e. The lowest BCUT2D eigenvalue weighted by molar-refractivity contribution is -0.111. The second kappa shape index (κ2) is 8.94. The van der Waals surface area contributed by atoms with Crippen LogP contribution in [0.3, 0.4) is 0 Å². The van der Waals surface area contributed by atoms with Crippen LogP contribution in [0.1, 0.15) is 44.3 Å². The SMILES string of the molecule is CCOC(=O)c1ccc(NC(=O)C=CC(=O)c2c(C)cc(C)cc2C)cc1. The Morgan fingerprint density at radius 3 is 2.11 bits per heavy atom. The Kier molecular flexibility index (Phi) is 6.66. The molecule has 5 nitrogen and oxygen atoms in total. The molecule has 0 bridgehead atoms. The molecule has 2 aromatic carbocycles. The van der Waals surface area contributed by atoms with Gasteiger partial charge in [-0.15, -0.1) is 0 Å². The van der Waals surface area contributed by atoms with Crippen molar-refractivity contribution in [3.05, 3.63) is 76.4 Å². The molecule has 0 radical (unpaired) electrons. The number of amides is 1. The van der Waals surface area contributed by atoms with Gasteiger partial charge in [-0.2, -0.15) is 0 Å². The molecule has 2 aromatic rings. The second-order valence-electron chi connectivity index (χ2n) is 6.26. The summed E-state index contributed by atoms with van der Waals surface area (Å²) in [6, 6.07) is 10.2. The first-order valence-electron chi connectivity index (χ1n) is 8.70. The summed E-state index contributed by atoms with van der Waals surface area (Å²) in [7, 11) is 0. The first-order chi connectivity index (χ1) is 12.8. The maximum absolute atomic E-state index is 12.4. The van der Waals surface area contributed by atoms with E-state index in [4.69, 9.17) is 4.74 Å². The van der Waals surface area contributed by atoms with Crippen LogP contribution in [0.4, 0.5) is 5.69 Å². The lowest BCUT2D eigenvalue weighted by atomic mass is 9.96. The first-order valence-corrected chi connectivity index (χ1v) is 8.70. The van der Waals surface area contributed by atoms with Gasteiger partial charge in [0.15, 0.2) is 5.78 Å². The Morgan fingerprint density at radius 1 is 0.963 bits per heavy atom. The number of anilines is 1. The van der Waals surface area contributed by atoms with Gasteiger partial charge in [0.05, 0.1) is 12.2 Å². The molecule has 0 aliphatic heterocycles. The number of hydrogen-bond donors (Lipinski definition) is 1. The first kappa shape index (κ1) is 20.1. The molecule has 1 amide bonds. The van der Waals surface area contributed by atoms with E-state index in [0.717, 1.165) is 16.7 Å². The van der Waals surface area contributed by atoms with Crippen LogP contribution in [0, 0.1) is 20.8 Å². The molecule has 0 unspecified atom stereocenters. The van der Waals surface area contributed by atoms with Crippen LogP contribution in [-0.2, 0) is 9.53 Å². The molecular weight excluding hydrogens is 342 g/mol. The van der Waals surface area contributed by atoms with E-state index in [1.54, 1.807) is 31.2 Å². The molecule has 0 atom stereocenters. The quantitative estimate of drug-likeness (QED) is 0.474. The highest BCUT2D eigenvalue weighted by atomic mass is 16.5. The number of rotatable bonds is 6. The lowest BCUT2D eigenvalue weighted by Crippen LogP contribution is -2.10. The molecule has 0 aliphatic rings. The second-order valence-corrected chi connectivity index (χ2v) is 6.26. The zero-order chi connectivity index (χ0) is 20.0. The van der Waals surface area contributed by atoms with E-state index >= 15 is 0 Å². The van der Waals surface area contributed by atoms with E-state index in [2.05, 4.69) is 5.32 Å². The predicted octanol–water partition coefficient (Wildman–Crippen LogP) is 4.17. The van der Waals surface area contributed by atoms with Crippen molar-refractivity contribution in [3.63, 3.8) is 0 Å². The van der Waals surface area contributed by atoms with Crippen LogP contribution in [0.15, 0.2) is 48.6 Å². The van der Waals surface area contributed by atoms with Gasteiger partial charge >= 0.3 is 5.97 Å². The third kappa shape index (κ3) is 5.38. The largest absolute Gasteiger partial charge is 0.462 e. The van der Waals surface area contributed by atoms with Crippen molar-refractivity contribution in [1.82, 2.24) is 0 Å². The molecule has 0 saturated carbocycles. The Hall–Kier alpha value is -3.21.